The fourth-order valence-electron chi connectivity index (χ4n) is 2.09. The van der Waals surface area contributed by atoms with Crippen LogP contribution in [0.2, 0.25) is 0 Å². The number of rotatable bonds is 2. The standard InChI is InChI=1S/2C9H10O2.Zn/c2*1-6-3-4-8(9(10)11)7(2)5-6;/h2*3-5H,1-2H3,(H,10,11);/q;;+2/p-2. The molecule has 0 unspecified atom stereocenters. The molecule has 0 radical (unpaired) electrons. The molecule has 0 spiro atoms. The van der Waals surface area contributed by atoms with Gasteiger partial charge in [-0.25, -0.2) is 0 Å². The van der Waals surface area contributed by atoms with Crippen molar-refractivity contribution in [2.75, 3.05) is 0 Å². The van der Waals surface area contributed by atoms with Gasteiger partial charge in [0, 0.05) is 11.1 Å². The molecule has 0 amide bonds. The number of aryl methyl sites for hydroxylation is 4. The molecule has 0 fully saturated rings. The predicted octanol–water partition coefficient (Wildman–Crippen LogP) is 1.33. The zero-order valence-electron chi connectivity index (χ0n) is 13.8. The Labute approximate surface area is 148 Å². The first-order valence-electron chi connectivity index (χ1n) is 6.79. The summed E-state index contributed by atoms with van der Waals surface area (Å²) in [6.45, 7) is 7.37. The molecule has 0 aliphatic rings. The molecule has 0 aliphatic heterocycles. The van der Waals surface area contributed by atoms with E-state index in [0.717, 1.165) is 22.3 Å². The molecule has 0 heterocycles. The van der Waals surface area contributed by atoms with Crippen LogP contribution in [0.15, 0.2) is 36.4 Å². The number of carbonyl (C=O) groups excluding carboxylic acids is 2. The van der Waals surface area contributed by atoms with Crippen molar-refractivity contribution in [1.29, 1.82) is 0 Å². The van der Waals surface area contributed by atoms with E-state index in [9.17, 15) is 19.8 Å². The average Bonchev–Trinajstić information content (AvgIpc) is 2.38. The van der Waals surface area contributed by atoms with Crippen molar-refractivity contribution in [3.63, 3.8) is 0 Å². The SMILES string of the molecule is Cc1ccc(C(=O)[O-])c(C)c1.Cc1ccc(C(=O)[O-])c(C)c1.[Zn+2]. The summed E-state index contributed by atoms with van der Waals surface area (Å²) >= 11 is 0. The Balaban J connectivity index is 0.000000403. The van der Waals surface area contributed by atoms with Gasteiger partial charge in [-0.2, -0.15) is 0 Å². The third-order valence-electron chi connectivity index (χ3n) is 3.20. The first-order valence-corrected chi connectivity index (χ1v) is 6.79. The van der Waals surface area contributed by atoms with E-state index >= 15 is 0 Å². The molecule has 4 nitrogen and oxygen atoms in total. The van der Waals surface area contributed by atoms with E-state index in [1.165, 1.54) is 0 Å². The molecule has 0 saturated heterocycles. The Bertz CT molecular complexity index is 647. The van der Waals surface area contributed by atoms with Crippen molar-refractivity contribution in [3.05, 3.63) is 69.8 Å². The van der Waals surface area contributed by atoms with Crippen LogP contribution in [-0.4, -0.2) is 11.9 Å². The summed E-state index contributed by atoms with van der Waals surface area (Å²) < 4.78 is 0. The summed E-state index contributed by atoms with van der Waals surface area (Å²) in [6, 6.07) is 10.3. The smallest absolute Gasteiger partial charge is 0.545 e. The number of hydrogen-bond acceptors (Lipinski definition) is 4. The van der Waals surface area contributed by atoms with E-state index in [-0.39, 0.29) is 30.6 Å². The summed E-state index contributed by atoms with van der Waals surface area (Å²) in [4.78, 5) is 20.8. The van der Waals surface area contributed by atoms with Crippen LogP contribution in [0.4, 0.5) is 0 Å². The van der Waals surface area contributed by atoms with E-state index in [1.54, 1.807) is 38.1 Å². The van der Waals surface area contributed by atoms with Gasteiger partial charge in [0.15, 0.2) is 0 Å². The molecule has 0 aromatic heterocycles. The summed E-state index contributed by atoms with van der Waals surface area (Å²) in [5.41, 5.74) is 4.18. The van der Waals surface area contributed by atoms with E-state index < -0.39 is 11.9 Å². The Morgan fingerprint density at radius 1 is 0.696 bits per heavy atom. The summed E-state index contributed by atoms with van der Waals surface area (Å²) in [5, 5.41) is 20.8. The minimum absolute atomic E-state index is 0. The topological polar surface area (TPSA) is 80.3 Å². The second-order valence-electron chi connectivity index (χ2n) is 5.21. The first-order chi connectivity index (χ1) is 10.2. The molecule has 5 heteroatoms. The average molecular weight is 364 g/mol. The summed E-state index contributed by atoms with van der Waals surface area (Å²) in [7, 11) is 0. The molecule has 2 aromatic carbocycles. The Hall–Kier alpha value is -2.00. The van der Waals surface area contributed by atoms with Crippen molar-refractivity contribution < 1.29 is 39.3 Å². The number of carboxylic acids is 2. The summed E-state index contributed by atoms with van der Waals surface area (Å²) in [6.07, 6.45) is 0. The quantitative estimate of drug-likeness (QED) is 0.754. The molecule has 0 aliphatic carbocycles. The van der Waals surface area contributed by atoms with Crippen LogP contribution < -0.4 is 10.2 Å². The van der Waals surface area contributed by atoms with Crippen LogP contribution in [-0.2, 0) is 19.5 Å². The predicted molar refractivity (Wildman–Crippen MR) is 80.5 cm³/mol. The number of benzene rings is 2. The largest absolute Gasteiger partial charge is 2.00 e. The molecule has 2 aromatic rings. The van der Waals surface area contributed by atoms with Gasteiger partial charge in [0.25, 0.3) is 0 Å². The number of hydrogen-bond donors (Lipinski definition) is 0. The van der Waals surface area contributed by atoms with Gasteiger partial charge in [0.05, 0.1) is 11.9 Å². The Morgan fingerprint density at radius 2 is 1.00 bits per heavy atom. The second-order valence-corrected chi connectivity index (χ2v) is 5.21. The van der Waals surface area contributed by atoms with Crippen molar-refractivity contribution in [3.8, 4) is 0 Å². The fraction of sp³-hybridized carbons (Fsp3) is 0.222. The molecule has 0 atom stereocenters. The molecule has 0 N–H and O–H groups in total. The third kappa shape index (κ3) is 6.33. The van der Waals surface area contributed by atoms with E-state index in [0.29, 0.717) is 0 Å². The normalized spacial score (nSPS) is 9.22. The first kappa shape index (κ1) is 21.0. The van der Waals surface area contributed by atoms with E-state index in [2.05, 4.69) is 0 Å². The van der Waals surface area contributed by atoms with Crippen molar-refractivity contribution in [1.82, 2.24) is 0 Å². The molecule has 116 valence electrons. The molecule has 0 saturated carbocycles. The van der Waals surface area contributed by atoms with Gasteiger partial charge in [0.2, 0.25) is 0 Å². The van der Waals surface area contributed by atoms with Crippen LogP contribution in [0.3, 0.4) is 0 Å². The molecular weight excluding hydrogens is 346 g/mol. The second kappa shape index (κ2) is 9.21. The van der Waals surface area contributed by atoms with Crippen LogP contribution in [0.1, 0.15) is 43.0 Å². The van der Waals surface area contributed by atoms with Crippen LogP contribution in [0.5, 0.6) is 0 Å². The molecule has 2 rings (SSSR count). The Kier molecular flexibility index (Phi) is 8.41. The van der Waals surface area contributed by atoms with Crippen LogP contribution in [0, 0.1) is 27.7 Å². The van der Waals surface area contributed by atoms with Crippen molar-refractivity contribution in [2.45, 2.75) is 27.7 Å². The van der Waals surface area contributed by atoms with Gasteiger partial charge in [-0.3, -0.25) is 0 Å². The van der Waals surface area contributed by atoms with Crippen molar-refractivity contribution in [2.24, 2.45) is 0 Å². The maximum absolute atomic E-state index is 10.4. The maximum Gasteiger partial charge on any atom is 2.00 e. The van der Waals surface area contributed by atoms with Gasteiger partial charge in [-0.1, -0.05) is 47.5 Å². The molecular formula is C18H18O4Zn. The van der Waals surface area contributed by atoms with Crippen molar-refractivity contribution >= 4 is 11.9 Å². The third-order valence-corrected chi connectivity index (χ3v) is 3.20. The molecule has 0 bridgehead atoms. The van der Waals surface area contributed by atoms with Gasteiger partial charge in [-0.05, 0) is 38.8 Å². The number of carbonyl (C=O) groups is 2. The van der Waals surface area contributed by atoms with Gasteiger partial charge >= 0.3 is 19.5 Å². The van der Waals surface area contributed by atoms with Gasteiger partial charge in [-0.15, -0.1) is 0 Å². The minimum atomic E-state index is -1.11. The van der Waals surface area contributed by atoms with E-state index in [1.807, 2.05) is 26.0 Å². The van der Waals surface area contributed by atoms with Gasteiger partial charge < -0.3 is 19.8 Å². The number of carboxylic acid groups (broad SMARTS) is 2. The monoisotopic (exact) mass is 362 g/mol. The van der Waals surface area contributed by atoms with Crippen LogP contribution in [0.25, 0.3) is 0 Å². The number of aromatic carboxylic acids is 2. The summed E-state index contributed by atoms with van der Waals surface area (Å²) in [5.74, 6) is -2.22. The van der Waals surface area contributed by atoms with Gasteiger partial charge in [0.1, 0.15) is 0 Å². The van der Waals surface area contributed by atoms with Crippen LogP contribution >= 0.6 is 0 Å². The maximum atomic E-state index is 10.4. The Morgan fingerprint density at radius 3 is 1.22 bits per heavy atom. The zero-order valence-corrected chi connectivity index (χ0v) is 16.8. The molecule has 23 heavy (non-hydrogen) atoms. The fourth-order valence-corrected chi connectivity index (χ4v) is 2.09. The van der Waals surface area contributed by atoms with E-state index in [4.69, 9.17) is 0 Å². The zero-order chi connectivity index (χ0) is 16.9. The minimum Gasteiger partial charge on any atom is -0.545 e.